The third-order valence-electron chi connectivity index (χ3n) is 1.32. The fourth-order valence-electron chi connectivity index (χ4n) is 0.772. The van der Waals surface area contributed by atoms with Crippen molar-refractivity contribution >= 4 is 33.8 Å². The molecule has 1 rings (SSSR count). The molecule has 1 nitrogen and oxygen atoms in total. The van der Waals surface area contributed by atoms with Crippen LogP contribution in [0.5, 0.6) is 0 Å². The molecule has 0 aliphatic heterocycles. The average molecular weight is 233 g/mol. The van der Waals surface area contributed by atoms with Crippen molar-refractivity contribution in [2.75, 3.05) is 0 Å². The van der Waals surface area contributed by atoms with Crippen LogP contribution in [0.4, 0.5) is 0 Å². The summed E-state index contributed by atoms with van der Waals surface area (Å²) in [5.41, 5.74) is 0.809. The van der Waals surface area contributed by atoms with E-state index in [1.54, 1.807) is 6.07 Å². The van der Waals surface area contributed by atoms with Gasteiger partial charge in [0.15, 0.2) is 0 Å². The second kappa shape index (κ2) is 3.88. The summed E-state index contributed by atoms with van der Waals surface area (Å²) in [7, 11) is 0. The Morgan fingerprint density at radius 3 is 2.64 bits per heavy atom. The summed E-state index contributed by atoms with van der Waals surface area (Å²) in [4.78, 5) is 10.1. The topological polar surface area (TPSA) is 17.1 Å². The van der Waals surface area contributed by atoms with Gasteiger partial charge < -0.3 is 4.79 Å². The highest BCUT2D eigenvalue weighted by Gasteiger charge is 2.07. The van der Waals surface area contributed by atoms with E-state index in [2.05, 4.69) is 15.9 Å². The maximum atomic E-state index is 10.4. The van der Waals surface area contributed by atoms with Crippen molar-refractivity contribution in [1.29, 1.82) is 0 Å². The standard InChI is InChI=1S/C8H6BrClO/c9-7(5-11)6-3-1-2-4-8(6)10/h1-5,7H. The molecule has 0 amide bonds. The van der Waals surface area contributed by atoms with Crippen molar-refractivity contribution < 1.29 is 4.79 Å². The third-order valence-corrected chi connectivity index (χ3v) is 2.38. The first-order chi connectivity index (χ1) is 5.25. The maximum Gasteiger partial charge on any atom is 0.138 e. The van der Waals surface area contributed by atoms with Crippen LogP contribution in [0.1, 0.15) is 10.4 Å². The lowest BCUT2D eigenvalue weighted by atomic mass is 10.2. The van der Waals surface area contributed by atoms with E-state index in [1.165, 1.54) is 0 Å². The Bertz CT molecular complexity index is 262. The second-order valence-electron chi connectivity index (χ2n) is 2.06. The minimum atomic E-state index is -0.295. The van der Waals surface area contributed by atoms with E-state index in [1.807, 2.05) is 18.2 Å². The van der Waals surface area contributed by atoms with Gasteiger partial charge in [0.25, 0.3) is 0 Å². The smallest absolute Gasteiger partial charge is 0.138 e. The van der Waals surface area contributed by atoms with Crippen LogP contribution < -0.4 is 0 Å². The van der Waals surface area contributed by atoms with Crippen LogP contribution in [0.15, 0.2) is 24.3 Å². The average Bonchev–Trinajstić information content (AvgIpc) is 2.04. The van der Waals surface area contributed by atoms with Gasteiger partial charge in [-0.1, -0.05) is 45.7 Å². The van der Waals surface area contributed by atoms with Gasteiger partial charge >= 0.3 is 0 Å². The molecule has 1 aromatic rings. The second-order valence-corrected chi connectivity index (χ2v) is 3.45. The van der Waals surface area contributed by atoms with Gasteiger partial charge in [-0.05, 0) is 11.6 Å². The Balaban J connectivity index is 3.02. The summed E-state index contributed by atoms with van der Waals surface area (Å²) in [6, 6.07) is 7.25. The Morgan fingerprint density at radius 2 is 2.09 bits per heavy atom. The van der Waals surface area contributed by atoms with Crippen LogP contribution >= 0.6 is 27.5 Å². The lowest BCUT2D eigenvalue weighted by Gasteiger charge is -2.03. The first-order valence-electron chi connectivity index (χ1n) is 3.09. The molecule has 1 aromatic carbocycles. The van der Waals surface area contributed by atoms with E-state index >= 15 is 0 Å². The highest BCUT2D eigenvalue weighted by Crippen LogP contribution is 2.26. The van der Waals surface area contributed by atoms with E-state index < -0.39 is 0 Å². The van der Waals surface area contributed by atoms with Crippen LogP contribution in [0.25, 0.3) is 0 Å². The molecule has 0 N–H and O–H groups in total. The monoisotopic (exact) mass is 232 g/mol. The van der Waals surface area contributed by atoms with E-state index in [9.17, 15) is 4.79 Å². The lowest BCUT2D eigenvalue weighted by Crippen LogP contribution is -1.90. The van der Waals surface area contributed by atoms with Crippen LogP contribution in [-0.2, 0) is 4.79 Å². The number of aldehydes is 1. The minimum Gasteiger partial charge on any atom is -0.302 e. The number of rotatable bonds is 2. The molecular weight excluding hydrogens is 227 g/mol. The summed E-state index contributed by atoms with van der Waals surface area (Å²) in [6.07, 6.45) is 0.807. The fourth-order valence-corrected chi connectivity index (χ4v) is 1.56. The molecule has 58 valence electrons. The van der Waals surface area contributed by atoms with Gasteiger partial charge in [0.1, 0.15) is 6.29 Å². The highest BCUT2D eigenvalue weighted by atomic mass is 79.9. The van der Waals surface area contributed by atoms with Gasteiger partial charge in [0, 0.05) is 5.02 Å². The van der Waals surface area contributed by atoms with Gasteiger partial charge in [0.2, 0.25) is 0 Å². The molecule has 0 heterocycles. The van der Waals surface area contributed by atoms with E-state index in [4.69, 9.17) is 11.6 Å². The van der Waals surface area contributed by atoms with Crippen LogP contribution in [0.3, 0.4) is 0 Å². The molecule has 0 spiro atoms. The van der Waals surface area contributed by atoms with Gasteiger partial charge in [-0.25, -0.2) is 0 Å². The highest BCUT2D eigenvalue weighted by molar-refractivity contribution is 9.09. The normalized spacial score (nSPS) is 12.5. The van der Waals surface area contributed by atoms with Crippen LogP contribution in [0, 0.1) is 0 Å². The largest absolute Gasteiger partial charge is 0.302 e. The number of benzene rings is 1. The number of carbonyl (C=O) groups excluding carboxylic acids is 1. The van der Waals surface area contributed by atoms with Gasteiger partial charge in [-0.15, -0.1) is 0 Å². The molecule has 0 bridgehead atoms. The Morgan fingerprint density at radius 1 is 1.45 bits per heavy atom. The summed E-state index contributed by atoms with van der Waals surface area (Å²) in [5.74, 6) is 0. The van der Waals surface area contributed by atoms with Crippen molar-refractivity contribution in [3.63, 3.8) is 0 Å². The molecule has 0 saturated carbocycles. The summed E-state index contributed by atoms with van der Waals surface area (Å²) >= 11 is 8.99. The van der Waals surface area contributed by atoms with Crippen molar-refractivity contribution in [3.05, 3.63) is 34.9 Å². The molecule has 0 fully saturated rings. The number of halogens is 2. The zero-order valence-corrected chi connectivity index (χ0v) is 7.97. The molecule has 0 aromatic heterocycles. The van der Waals surface area contributed by atoms with Crippen molar-refractivity contribution in [2.45, 2.75) is 4.83 Å². The number of hydrogen-bond acceptors (Lipinski definition) is 1. The first kappa shape index (κ1) is 8.75. The summed E-state index contributed by atoms with van der Waals surface area (Å²) in [5, 5.41) is 0.612. The van der Waals surface area contributed by atoms with E-state index in [0.717, 1.165) is 11.8 Å². The van der Waals surface area contributed by atoms with E-state index in [-0.39, 0.29) is 4.83 Å². The maximum absolute atomic E-state index is 10.4. The van der Waals surface area contributed by atoms with Crippen LogP contribution in [0.2, 0.25) is 5.02 Å². The lowest BCUT2D eigenvalue weighted by molar-refractivity contribution is -0.107. The van der Waals surface area contributed by atoms with Crippen molar-refractivity contribution in [3.8, 4) is 0 Å². The van der Waals surface area contributed by atoms with Crippen LogP contribution in [-0.4, -0.2) is 6.29 Å². The number of alkyl halides is 1. The SMILES string of the molecule is O=CC(Br)c1ccccc1Cl. The van der Waals surface area contributed by atoms with Gasteiger partial charge in [-0.3, -0.25) is 0 Å². The Labute approximate surface area is 78.5 Å². The molecule has 3 heteroatoms. The van der Waals surface area contributed by atoms with Gasteiger partial charge in [-0.2, -0.15) is 0 Å². The summed E-state index contributed by atoms with van der Waals surface area (Å²) in [6.45, 7) is 0. The fraction of sp³-hybridized carbons (Fsp3) is 0.125. The number of hydrogen-bond donors (Lipinski definition) is 0. The third kappa shape index (κ3) is 2.04. The Hall–Kier alpha value is -0.340. The molecule has 1 unspecified atom stereocenters. The summed E-state index contributed by atoms with van der Waals surface area (Å²) < 4.78 is 0. The van der Waals surface area contributed by atoms with Crippen molar-refractivity contribution in [1.82, 2.24) is 0 Å². The molecule has 1 atom stereocenters. The molecule has 0 aliphatic carbocycles. The zero-order chi connectivity index (χ0) is 8.27. The Kier molecular flexibility index (Phi) is 3.09. The molecule has 0 radical (unpaired) electrons. The van der Waals surface area contributed by atoms with Crippen molar-refractivity contribution in [2.24, 2.45) is 0 Å². The predicted molar refractivity (Wildman–Crippen MR) is 49.2 cm³/mol. The van der Waals surface area contributed by atoms with Gasteiger partial charge in [0.05, 0.1) is 4.83 Å². The minimum absolute atomic E-state index is 0.295. The number of carbonyl (C=O) groups is 1. The molecule has 0 aliphatic rings. The first-order valence-corrected chi connectivity index (χ1v) is 4.39. The molecule has 0 saturated heterocycles. The molecule has 11 heavy (non-hydrogen) atoms. The molecular formula is C8H6BrClO. The zero-order valence-electron chi connectivity index (χ0n) is 5.63. The predicted octanol–water partition coefficient (Wildman–Crippen LogP) is 2.97. The van der Waals surface area contributed by atoms with E-state index in [0.29, 0.717) is 5.02 Å². The quantitative estimate of drug-likeness (QED) is 0.567.